The Kier molecular flexibility index (Phi) is 4.94. The maximum Gasteiger partial charge on any atom is 0.257 e. The highest BCUT2D eigenvalue weighted by atomic mass is 16.5. The van der Waals surface area contributed by atoms with Crippen LogP contribution >= 0.6 is 0 Å². The third-order valence-corrected chi connectivity index (χ3v) is 6.06. The maximum atomic E-state index is 12.9. The zero-order valence-corrected chi connectivity index (χ0v) is 17.7. The number of aliphatic hydroxyl groups is 1. The van der Waals surface area contributed by atoms with Crippen molar-refractivity contribution >= 4 is 5.91 Å². The second-order valence-electron chi connectivity index (χ2n) is 8.15. The fraction of sp³-hybridized carbons (Fsp3) is 0.391. The van der Waals surface area contributed by atoms with Crippen LogP contribution in [0, 0.1) is 0 Å². The summed E-state index contributed by atoms with van der Waals surface area (Å²) in [6.45, 7) is 0.205. The number of rotatable bonds is 6. The monoisotopic (exact) mass is 419 g/mol. The van der Waals surface area contributed by atoms with Gasteiger partial charge in [-0.25, -0.2) is 14.6 Å². The highest BCUT2D eigenvalue weighted by molar-refractivity contribution is 5.95. The molecule has 0 spiro atoms. The minimum Gasteiger partial charge on any atom is -0.497 e. The normalized spacial score (nSPS) is 14.7. The number of nitrogens with zero attached hydrogens (tertiary/aromatic N) is 5. The van der Waals surface area contributed by atoms with Gasteiger partial charge in [-0.2, -0.15) is 5.10 Å². The van der Waals surface area contributed by atoms with Gasteiger partial charge in [0.1, 0.15) is 5.75 Å². The van der Waals surface area contributed by atoms with Crippen molar-refractivity contribution < 1.29 is 14.6 Å². The highest BCUT2D eigenvalue weighted by Crippen LogP contribution is 2.43. The Hall–Kier alpha value is -3.26. The number of hydrogen-bond acceptors (Lipinski definition) is 6. The molecule has 0 bridgehead atoms. The summed E-state index contributed by atoms with van der Waals surface area (Å²) in [5.41, 5.74) is 5.74. The molecule has 31 heavy (non-hydrogen) atoms. The smallest absolute Gasteiger partial charge is 0.257 e. The van der Waals surface area contributed by atoms with Crippen molar-refractivity contribution in [3.63, 3.8) is 0 Å². The number of aryl methyl sites for hydroxylation is 2. The molecule has 1 saturated carbocycles. The molecular formula is C23H25N5O3. The van der Waals surface area contributed by atoms with Gasteiger partial charge in [-0.05, 0) is 55.0 Å². The molecule has 1 N–H and O–H groups in total. The van der Waals surface area contributed by atoms with Crippen LogP contribution in [0.1, 0.15) is 45.9 Å². The molecule has 8 heteroatoms. The third kappa shape index (κ3) is 3.46. The minimum absolute atomic E-state index is 0.0761. The van der Waals surface area contributed by atoms with Crippen LogP contribution in [0.4, 0.5) is 0 Å². The predicted molar refractivity (Wildman–Crippen MR) is 115 cm³/mol. The van der Waals surface area contributed by atoms with Crippen molar-refractivity contribution in [1.29, 1.82) is 0 Å². The standard InChI is InChI=1S/C23H25N5O3/c1-27(9-10-29)22(30)19-13-25-28(21(19)14-3-4-14)23-24-12-16-6-5-15-11-17(31-2)7-8-18(15)20(16)26-23/h7-8,11-14,29H,3-6,9-10H2,1-2H3. The van der Waals surface area contributed by atoms with Crippen LogP contribution in [-0.2, 0) is 12.8 Å². The number of fused-ring (bicyclic) bond motifs is 3. The summed E-state index contributed by atoms with van der Waals surface area (Å²) in [7, 11) is 3.36. The van der Waals surface area contributed by atoms with E-state index < -0.39 is 0 Å². The van der Waals surface area contributed by atoms with Gasteiger partial charge in [0.15, 0.2) is 0 Å². The van der Waals surface area contributed by atoms with Crippen molar-refractivity contribution in [2.75, 3.05) is 27.3 Å². The summed E-state index contributed by atoms with van der Waals surface area (Å²) in [4.78, 5) is 23.9. The van der Waals surface area contributed by atoms with E-state index in [1.165, 1.54) is 10.5 Å². The van der Waals surface area contributed by atoms with E-state index in [0.29, 0.717) is 11.5 Å². The first-order valence-electron chi connectivity index (χ1n) is 10.6. The van der Waals surface area contributed by atoms with Crippen molar-refractivity contribution in [1.82, 2.24) is 24.6 Å². The van der Waals surface area contributed by atoms with Crippen LogP contribution in [0.5, 0.6) is 5.75 Å². The molecule has 0 unspecified atom stereocenters. The Labute approximate surface area is 180 Å². The average molecular weight is 419 g/mol. The van der Waals surface area contributed by atoms with E-state index in [4.69, 9.17) is 9.72 Å². The lowest BCUT2D eigenvalue weighted by atomic mass is 9.90. The number of aliphatic hydroxyl groups excluding tert-OH is 1. The third-order valence-electron chi connectivity index (χ3n) is 6.06. The van der Waals surface area contributed by atoms with Gasteiger partial charge in [0.25, 0.3) is 11.9 Å². The lowest BCUT2D eigenvalue weighted by molar-refractivity contribution is 0.0765. The van der Waals surface area contributed by atoms with Crippen molar-refractivity contribution in [3.05, 3.63) is 53.0 Å². The van der Waals surface area contributed by atoms with E-state index in [1.807, 2.05) is 18.3 Å². The topological polar surface area (TPSA) is 93.4 Å². The number of likely N-dealkylation sites (N-methyl/N-ethyl adjacent to an activating group) is 1. The summed E-state index contributed by atoms with van der Waals surface area (Å²) < 4.78 is 7.09. The number of carbonyl (C=O) groups excluding carboxylic acids is 1. The Bertz CT molecular complexity index is 1150. The van der Waals surface area contributed by atoms with Gasteiger partial charge in [-0.1, -0.05) is 0 Å². The van der Waals surface area contributed by atoms with E-state index in [1.54, 1.807) is 25.0 Å². The van der Waals surface area contributed by atoms with Gasteiger partial charge < -0.3 is 14.7 Å². The maximum absolute atomic E-state index is 12.9. The molecular weight excluding hydrogens is 394 g/mol. The van der Waals surface area contributed by atoms with Crippen LogP contribution in [0.25, 0.3) is 17.2 Å². The van der Waals surface area contributed by atoms with Crippen LogP contribution in [0.2, 0.25) is 0 Å². The van der Waals surface area contributed by atoms with Crippen LogP contribution in [-0.4, -0.2) is 63.0 Å². The lowest BCUT2D eigenvalue weighted by Crippen LogP contribution is -2.30. The second-order valence-corrected chi connectivity index (χ2v) is 8.15. The molecule has 160 valence electrons. The molecule has 5 rings (SSSR count). The summed E-state index contributed by atoms with van der Waals surface area (Å²) in [5, 5.41) is 13.7. The summed E-state index contributed by atoms with van der Waals surface area (Å²) in [6.07, 6.45) is 7.31. The molecule has 1 aromatic carbocycles. The van der Waals surface area contributed by atoms with Crippen LogP contribution in [0.15, 0.2) is 30.6 Å². The summed E-state index contributed by atoms with van der Waals surface area (Å²) in [6, 6.07) is 6.07. The van der Waals surface area contributed by atoms with Gasteiger partial charge in [0.2, 0.25) is 0 Å². The second kappa shape index (κ2) is 7.77. The quantitative estimate of drug-likeness (QED) is 0.659. The number of amides is 1. The van der Waals surface area contributed by atoms with Gasteiger partial charge in [0.05, 0.1) is 36.9 Å². The molecule has 0 aliphatic heterocycles. The molecule has 2 aliphatic carbocycles. The van der Waals surface area contributed by atoms with Gasteiger partial charge in [-0.15, -0.1) is 0 Å². The fourth-order valence-corrected chi connectivity index (χ4v) is 4.21. The molecule has 8 nitrogen and oxygen atoms in total. The number of methoxy groups -OCH3 is 1. The van der Waals surface area contributed by atoms with E-state index in [2.05, 4.69) is 16.1 Å². The van der Waals surface area contributed by atoms with Crippen molar-refractivity contribution in [3.8, 4) is 23.0 Å². The van der Waals surface area contributed by atoms with Crippen LogP contribution < -0.4 is 4.74 Å². The summed E-state index contributed by atoms with van der Waals surface area (Å²) in [5.74, 6) is 1.46. The van der Waals surface area contributed by atoms with Crippen molar-refractivity contribution in [2.45, 2.75) is 31.6 Å². The molecule has 1 fully saturated rings. The molecule has 2 aromatic heterocycles. The zero-order valence-electron chi connectivity index (χ0n) is 17.7. The van der Waals surface area contributed by atoms with E-state index in [9.17, 15) is 9.90 Å². The van der Waals surface area contributed by atoms with Gasteiger partial charge in [-0.3, -0.25) is 4.79 Å². The molecule has 2 heterocycles. The number of hydrogen-bond donors (Lipinski definition) is 1. The first-order chi connectivity index (χ1) is 15.1. The molecule has 0 atom stereocenters. The average Bonchev–Trinajstić information content (AvgIpc) is 3.55. The number of benzene rings is 1. The van der Waals surface area contributed by atoms with Gasteiger partial charge in [0, 0.05) is 31.3 Å². The molecule has 3 aromatic rings. The van der Waals surface area contributed by atoms with E-state index in [0.717, 1.165) is 53.9 Å². The Morgan fingerprint density at radius 3 is 2.81 bits per heavy atom. The molecule has 2 aliphatic rings. The predicted octanol–water partition coefficient (Wildman–Crippen LogP) is 2.38. The number of ether oxygens (including phenoxy) is 1. The van der Waals surface area contributed by atoms with Crippen LogP contribution in [0.3, 0.4) is 0 Å². The van der Waals surface area contributed by atoms with E-state index >= 15 is 0 Å². The number of carbonyl (C=O) groups is 1. The fourth-order valence-electron chi connectivity index (χ4n) is 4.21. The minimum atomic E-state index is -0.141. The Morgan fingerprint density at radius 2 is 2.06 bits per heavy atom. The molecule has 0 saturated heterocycles. The van der Waals surface area contributed by atoms with E-state index in [-0.39, 0.29) is 25.0 Å². The Morgan fingerprint density at radius 1 is 1.26 bits per heavy atom. The van der Waals surface area contributed by atoms with Crippen molar-refractivity contribution in [2.24, 2.45) is 0 Å². The highest BCUT2D eigenvalue weighted by Gasteiger charge is 2.34. The largest absolute Gasteiger partial charge is 0.497 e. The summed E-state index contributed by atoms with van der Waals surface area (Å²) >= 11 is 0. The molecule has 0 radical (unpaired) electrons. The SMILES string of the molecule is COc1ccc2c(c1)CCc1cnc(-n3ncc(C(=O)N(C)CCO)c3C3CC3)nc1-2. The number of aromatic nitrogens is 4. The Balaban J connectivity index is 1.57. The first-order valence-corrected chi connectivity index (χ1v) is 10.6. The molecule has 1 amide bonds. The first kappa shape index (κ1) is 19.7. The lowest BCUT2D eigenvalue weighted by Gasteiger charge is -2.20. The zero-order chi connectivity index (χ0) is 21.5. The van der Waals surface area contributed by atoms with Gasteiger partial charge >= 0.3 is 0 Å².